The Morgan fingerprint density at radius 1 is 0.773 bits per heavy atom. The van der Waals surface area contributed by atoms with Gasteiger partial charge in [-0.3, -0.25) is 0 Å². The summed E-state index contributed by atoms with van der Waals surface area (Å²) in [6.45, 7) is 4.71. The first-order valence-corrected chi connectivity index (χ1v) is 9.40. The summed E-state index contributed by atoms with van der Waals surface area (Å²) in [5, 5.41) is 30.8. The molecule has 0 aliphatic heterocycles. The van der Waals surface area contributed by atoms with E-state index in [1.807, 2.05) is 0 Å². The molecule has 4 fully saturated rings. The van der Waals surface area contributed by atoms with Crippen molar-refractivity contribution in [2.75, 3.05) is 0 Å². The highest BCUT2D eigenvalue weighted by Crippen LogP contribution is 2.66. The van der Waals surface area contributed by atoms with Gasteiger partial charge in [-0.15, -0.1) is 0 Å². The molecule has 4 rings (SSSR count). The fourth-order valence-corrected chi connectivity index (χ4v) is 7.25. The molecule has 0 heterocycles. The molecule has 3 nitrogen and oxygen atoms in total. The van der Waals surface area contributed by atoms with Crippen molar-refractivity contribution >= 4 is 0 Å². The number of rotatable bonds is 0. The monoisotopic (exact) mass is 308 g/mol. The van der Waals surface area contributed by atoms with E-state index in [-0.39, 0.29) is 16.9 Å². The molecule has 126 valence electrons. The molecule has 0 spiro atoms. The van der Waals surface area contributed by atoms with E-state index in [1.54, 1.807) is 0 Å². The maximum absolute atomic E-state index is 10.5. The fourth-order valence-electron chi connectivity index (χ4n) is 7.25. The second kappa shape index (κ2) is 4.94. The van der Waals surface area contributed by atoms with Crippen LogP contribution in [0.2, 0.25) is 0 Å². The van der Waals surface area contributed by atoms with Crippen LogP contribution in [0.4, 0.5) is 0 Å². The van der Waals surface area contributed by atoms with Crippen LogP contribution in [0, 0.1) is 34.5 Å². The van der Waals surface area contributed by atoms with Crippen LogP contribution in [0.1, 0.15) is 65.2 Å². The van der Waals surface area contributed by atoms with Crippen molar-refractivity contribution in [2.24, 2.45) is 34.5 Å². The normalized spacial score (nSPS) is 61.2. The highest BCUT2D eigenvalue weighted by Gasteiger charge is 2.60. The lowest BCUT2D eigenvalue weighted by atomic mass is 9.45. The smallest absolute Gasteiger partial charge is 0.0804 e. The average molecular weight is 308 g/mol. The zero-order valence-electron chi connectivity index (χ0n) is 14.0. The number of hydrogen-bond donors (Lipinski definition) is 3. The molecule has 3 unspecified atom stereocenters. The summed E-state index contributed by atoms with van der Waals surface area (Å²) in [5.41, 5.74) is 0.327. The Bertz CT molecular complexity index is 452. The summed E-state index contributed by atoms with van der Waals surface area (Å²) < 4.78 is 0. The van der Waals surface area contributed by atoms with Gasteiger partial charge in [0.2, 0.25) is 0 Å². The molecule has 4 aliphatic carbocycles. The highest BCUT2D eigenvalue weighted by molar-refractivity contribution is 5.10. The highest BCUT2D eigenvalue weighted by atomic mass is 16.3. The third-order valence-corrected chi connectivity index (χ3v) is 8.63. The summed E-state index contributed by atoms with van der Waals surface area (Å²) >= 11 is 0. The van der Waals surface area contributed by atoms with E-state index < -0.39 is 12.2 Å². The van der Waals surface area contributed by atoms with Gasteiger partial charge in [0.05, 0.1) is 18.3 Å². The van der Waals surface area contributed by atoms with Gasteiger partial charge in [0.25, 0.3) is 0 Å². The first-order valence-electron chi connectivity index (χ1n) is 9.40. The first kappa shape index (κ1) is 15.4. The van der Waals surface area contributed by atoms with Crippen molar-refractivity contribution in [3.8, 4) is 0 Å². The lowest BCUT2D eigenvalue weighted by Gasteiger charge is -2.61. The van der Waals surface area contributed by atoms with Gasteiger partial charge in [-0.25, -0.2) is 0 Å². The summed E-state index contributed by atoms with van der Waals surface area (Å²) in [7, 11) is 0. The Kier molecular flexibility index (Phi) is 3.46. The molecule has 22 heavy (non-hydrogen) atoms. The molecule has 0 bridgehead atoms. The van der Waals surface area contributed by atoms with Crippen molar-refractivity contribution in [3.63, 3.8) is 0 Å². The lowest BCUT2D eigenvalue weighted by molar-refractivity contribution is -0.162. The van der Waals surface area contributed by atoms with Crippen LogP contribution >= 0.6 is 0 Å². The molecular weight excluding hydrogens is 276 g/mol. The van der Waals surface area contributed by atoms with Crippen LogP contribution in [0.25, 0.3) is 0 Å². The minimum absolute atomic E-state index is 0.109. The van der Waals surface area contributed by atoms with E-state index in [0.717, 1.165) is 31.6 Å². The van der Waals surface area contributed by atoms with E-state index >= 15 is 0 Å². The second-order valence-corrected chi connectivity index (χ2v) is 9.37. The summed E-state index contributed by atoms with van der Waals surface area (Å²) in [4.78, 5) is 0. The van der Waals surface area contributed by atoms with Crippen LogP contribution in [0.3, 0.4) is 0 Å². The minimum Gasteiger partial charge on any atom is -0.393 e. The Morgan fingerprint density at radius 2 is 1.50 bits per heavy atom. The third-order valence-electron chi connectivity index (χ3n) is 8.63. The van der Waals surface area contributed by atoms with Gasteiger partial charge >= 0.3 is 0 Å². The SMILES string of the molecule is C[C@]12CCC3C(CC[C@H]4C[C@@H](O)[C@H](O)C[C@]34C)C1CC[C@@H]2O. The van der Waals surface area contributed by atoms with Crippen LogP contribution in [0.15, 0.2) is 0 Å². The van der Waals surface area contributed by atoms with Gasteiger partial charge in [0.15, 0.2) is 0 Å². The molecular formula is C19H32O3. The van der Waals surface area contributed by atoms with Gasteiger partial charge in [-0.1, -0.05) is 13.8 Å². The predicted octanol–water partition coefficient (Wildman–Crippen LogP) is 2.72. The van der Waals surface area contributed by atoms with E-state index in [9.17, 15) is 15.3 Å². The van der Waals surface area contributed by atoms with E-state index in [0.29, 0.717) is 17.8 Å². The van der Waals surface area contributed by atoms with Crippen molar-refractivity contribution in [3.05, 3.63) is 0 Å². The van der Waals surface area contributed by atoms with Crippen molar-refractivity contribution < 1.29 is 15.3 Å². The largest absolute Gasteiger partial charge is 0.393 e. The molecule has 0 radical (unpaired) electrons. The Hall–Kier alpha value is -0.120. The Labute approximate surface area is 134 Å². The Morgan fingerprint density at radius 3 is 2.27 bits per heavy atom. The summed E-state index contributed by atoms with van der Waals surface area (Å²) in [6.07, 6.45) is 7.35. The van der Waals surface area contributed by atoms with E-state index in [4.69, 9.17) is 0 Å². The average Bonchev–Trinajstić information content (AvgIpc) is 2.77. The van der Waals surface area contributed by atoms with Gasteiger partial charge in [0.1, 0.15) is 0 Å². The lowest BCUT2D eigenvalue weighted by Crippen LogP contribution is -2.57. The number of hydrogen-bond acceptors (Lipinski definition) is 3. The van der Waals surface area contributed by atoms with Crippen LogP contribution < -0.4 is 0 Å². The van der Waals surface area contributed by atoms with E-state index in [2.05, 4.69) is 13.8 Å². The molecule has 0 aromatic rings. The van der Waals surface area contributed by atoms with Gasteiger partial charge in [-0.05, 0) is 85.9 Å². The minimum atomic E-state index is -0.539. The van der Waals surface area contributed by atoms with Gasteiger partial charge in [0, 0.05) is 0 Å². The molecule has 9 atom stereocenters. The maximum atomic E-state index is 10.5. The van der Waals surface area contributed by atoms with Gasteiger partial charge < -0.3 is 15.3 Å². The molecule has 0 saturated heterocycles. The number of aliphatic hydroxyl groups excluding tert-OH is 3. The molecule has 3 N–H and O–H groups in total. The standard InChI is InChI=1S/C19H32O3/c1-18-8-7-14-12(13(18)5-6-17(18)22)4-3-11-9-15(20)16(21)10-19(11,14)2/h11-17,20-22H,3-10H2,1-2H3/t11-,12?,13?,14?,15+,16+,17-,18-,19-/m0/s1. The molecule has 3 heteroatoms. The summed E-state index contributed by atoms with van der Waals surface area (Å²) in [5.74, 6) is 2.64. The van der Waals surface area contributed by atoms with E-state index in [1.165, 1.54) is 25.7 Å². The van der Waals surface area contributed by atoms with Gasteiger partial charge in [-0.2, -0.15) is 0 Å². The summed E-state index contributed by atoms with van der Waals surface area (Å²) in [6, 6.07) is 0. The molecule has 4 aliphatic rings. The van der Waals surface area contributed by atoms with Crippen LogP contribution in [0.5, 0.6) is 0 Å². The zero-order valence-corrected chi connectivity index (χ0v) is 14.0. The molecule has 0 aromatic heterocycles. The molecule has 0 aromatic carbocycles. The maximum Gasteiger partial charge on any atom is 0.0804 e. The number of fused-ring (bicyclic) bond motifs is 5. The molecule has 0 amide bonds. The van der Waals surface area contributed by atoms with Crippen molar-refractivity contribution in [2.45, 2.75) is 83.5 Å². The fraction of sp³-hybridized carbons (Fsp3) is 1.00. The quantitative estimate of drug-likeness (QED) is 0.645. The Balaban J connectivity index is 1.63. The first-order chi connectivity index (χ1) is 10.4. The topological polar surface area (TPSA) is 60.7 Å². The third kappa shape index (κ3) is 1.91. The zero-order chi connectivity index (χ0) is 15.7. The van der Waals surface area contributed by atoms with Crippen LogP contribution in [-0.4, -0.2) is 33.6 Å². The predicted molar refractivity (Wildman–Crippen MR) is 85.1 cm³/mol. The van der Waals surface area contributed by atoms with Crippen molar-refractivity contribution in [1.29, 1.82) is 0 Å². The van der Waals surface area contributed by atoms with Crippen molar-refractivity contribution in [1.82, 2.24) is 0 Å². The number of aliphatic hydroxyl groups is 3. The molecule has 4 saturated carbocycles. The van der Waals surface area contributed by atoms with Crippen LogP contribution in [-0.2, 0) is 0 Å². The second-order valence-electron chi connectivity index (χ2n) is 9.37.